The monoisotopic (exact) mass is 461 g/mol. The van der Waals surface area contributed by atoms with Crippen molar-refractivity contribution in [3.8, 4) is 5.75 Å². The van der Waals surface area contributed by atoms with Crippen LogP contribution < -0.4 is 4.90 Å². The third-order valence-electron chi connectivity index (χ3n) is 3.78. The van der Waals surface area contributed by atoms with Gasteiger partial charge in [0.05, 0.1) is 11.1 Å². The van der Waals surface area contributed by atoms with Crippen LogP contribution in [0, 0.1) is 0 Å². The number of phenols is 1. The van der Waals surface area contributed by atoms with Crippen LogP contribution in [0.4, 0.5) is 5.69 Å². The molecule has 5 nitrogen and oxygen atoms in total. The molecule has 1 aliphatic rings. The number of halogens is 1. The summed E-state index contributed by atoms with van der Waals surface area (Å²) in [6.07, 6.45) is 3.21. The summed E-state index contributed by atoms with van der Waals surface area (Å²) in [7, 11) is 3.95. The van der Waals surface area contributed by atoms with Crippen molar-refractivity contribution >= 4 is 68.1 Å². The number of thiocarbonyl (C=S) groups is 1. The van der Waals surface area contributed by atoms with E-state index in [-0.39, 0.29) is 11.7 Å². The summed E-state index contributed by atoms with van der Waals surface area (Å²) < 4.78 is 1.15. The minimum absolute atomic E-state index is 0.0731. The minimum atomic E-state index is -0.285. The molecule has 8 heteroatoms. The van der Waals surface area contributed by atoms with Crippen molar-refractivity contribution < 1.29 is 9.90 Å². The van der Waals surface area contributed by atoms with Crippen LogP contribution in [-0.2, 0) is 4.79 Å². The molecule has 0 radical (unpaired) electrons. The Bertz CT molecular complexity index is 956. The quantitative estimate of drug-likeness (QED) is 0.413. The molecule has 1 heterocycles. The predicted octanol–water partition coefficient (Wildman–Crippen LogP) is 4.46. The van der Waals surface area contributed by atoms with E-state index in [2.05, 4.69) is 21.0 Å². The summed E-state index contributed by atoms with van der Waals surface area (Å²) in [4.78, 5) is 15.1. The Hall–Kier alpha value is -2.16. The zero-order valence-electron chi connectivity index (χ0n) is 14.6. The van der Waals surface area contributed by atoms with Crippen molar-refractivity contribution in [2.75, 3.05) is 19.0 Å². The predicted molar refractivity (Wildman–Crippen MR) is 119 cm³/mol. The lowest BCUT2D eigenvalue weighted by Gasteiger charge is -2.11. The van der Waals surface area contributed by atoms with Gasteiger partial charge in [-0.25, -0.2) is 0 Å². The molecule has 0 saturated carbocycles. The van der Waals surface area contributed by atoms with Crippen molar-refractivity contribution in [3.63, 3.8) is 0 Å². The second-order valence-electron chi connectivity index (χ2n) is 5.93. The van der Waals surface area contributed by atoms with Crippen LogP contribution in [0.2, 0.25) is 0 Å². The number of hydrogen-bond acceptors (Lipinski definition) is 6. The highest BCUT2D eigenvalue weighted by atomic mass is 79.9. The molecule has 138 valence electrons. The Morgan fingerprint density at radius 1 is 1.22 bits per heavy atom. The number of phenolic OH excluding ortho intramolecular Hbond substituents is 1. The Labute approximate surface area is 175 Å². The first-order valence-corrected chi connectivity index (χ1v) is 9.95. The van der Waals surface area contributed by atoms with Crippen molar-refractivity contribution in [3.05, 3.63) is 63.0 Å². The highest BCUT2D eigenvalue weighted by molar-refractivity contribution is 9.10. The molecule has 0 unspecified atom stereocenters. The number of thioether (sulfide) groups is 1. The van der Waals surface area contributed by atoms with Crippen molar-refractivity contribution in [2.24, 2.45) is 5.10 Å². The Morgan fingerprint density at radius 3 is 2.59 bits per heavy atom. The lowest BCUT2D eigenvalue weighted by Crippen LogP contribution is -2.22. The van der Waals surface area contributed by atoms with Crippen LogP contribution in [0.15, 0.2) is 56.9 Å². The molecular formula is C19H16BrN3O2S2. The number of nitrogens with zero attached hydrogens (tertiary/aromatic N) is 3. The molecule has 27 heavy (non-hydrogen) atoms. The SMILES string of the molecule is CN(C)c1ccc(C=C2SC(=S)N(/N=C/c3cc(Br)ccc3O)C2=O)cc1. The number of carbonyl (C=O) groups is 1. The fourth-order valence-electron chi connectivity index (χ4n) is 2.33. The molecule has 1 saturated heterocycles. The summed E-state index contributed by atoms with van der Waals surface area (Å²) in [6.45, 7) is 0. The number of rotatable bonds is 4. The molecule has 1 fully saturated rings. The molecule has 0 spiro atoms. The van der Waals surface area contributed by atoms with Gasteiger partial charge in [0.1, 0.15) is 5.75 Å². The van der Waals surface area contributed by atoms with Gasteiger partial charge < -0.3 is 10.0 Å². The van der Waals surface area contributed by atoms with Gasteiger partial charge in [-0.2, -0.15) is 10.1 Å². The molecule has 3 rings (SSSR count). The first kappa shape index (κ1) is 19.6. The molecule has 0 aliphatic carbocycles. The maximum atomic E-state index is 12.6. The second-order valence-corrected chi connectivity index (χ2v) is 8.52. The lowest BCUT2D eigenvalue weighted by atomic mass is 10.2. The molecular weight excluding hydrogens is 446 g/mol. The van der Waals surface area contributed by atoms with Gasteiger partial charge in [0.25, 0.3) is 5.91 Å². The Morgan fingerprint density at radius 2 is 1.93 bits per heavy atom. The maximum Gasteiger partial charge on any atom is 0.286 e. The lowest BCUT2D eigenvalue weighted by molar-refractivity contribution is -0.122. The number of hydrazone groups is 1. The van der Waals surface area contributed by atoms with Gasteiger partial charge in [-0.1, -0.05) is 39.8 Å². The topological polar surface area (TPSA) is 56.1 Å². The molecule has 1 amide bonds. The third-order valence-corrected chi connectivity index (χ3v) is 5.56. The van der Waals surface area contributed by atoms with Gasteiger partial charge in [-0.05, 0) is 54.2 Å². The molecule has 0 aromatic heterocycles. The zero-order valence-corrected chi connectivity index (χ0v) is 17.8. The van der Waals surface area contributed by atoms with Gasteiger partial charge in [0.2, 0.25) is 0 Å². The van der Waals surface area contributed by atoms with E-state index in [9.17, 15) is 9.90 Å². The average molecular weight is 462 g/mol. The van der Waals surface area contributed by atoms with E-state index in [1.807, 2.05) is 43.3 Å². The van der Waals surface area contributed by atoms with E-state index in [0.29, 0.717) is 14.8 Å². The average Bonchev–Trinajstić information content (AvgIpc) is 2.89. The maximum absolute atomic E-state index is 12.6. The van der Waals surface area contributed by atoms with Gasteiger partial charge in [0, 0.05) is 29.8 Å². The highest BCUT2D eigenvalue weighted by Gasteiger charge is 2.32. The highest BCUT2D eigenvalue weighted by Crippen LogP contribution is 2.33. The van der Waals surface area contributed by atoms with E-state index in [1.165, 1.54) is 23.0 Å². The van der Waals surface area contributed by atoms with Crippen LogP contribution in [0.5, 0.6) is 5.75 Å². The number of hydrogen-bond donors (Lipinski definition) is 1. The van der Waals surface area contributed by atoms with Crippen LogP contribution in [0.1, 0.15) is 11.1 Å². The normalized spacial score (nSPS) is 16.0. The van der Waals surface area contributed by atoms with E-state index in [0.717, 1.165) is 15.7 Å². The zero-order chi connectivity index (χ0) is 19.6. The van der Waals surface area contributed by atoms with E-state index >= 15 is 0 Å². The number of aromatic hydroxyl groups is 1. The Kier molecular flexibility index (Phi) is 5.98. The second kappa shape index (κ2) is 8.24. The number of anilines is 1. The molecule has 1 aliphatic heterocycles. The first-order chi connectivity index (χ1) is 12.8. The smallest absolute Gasteiger partial charge is 0.286 e. The van der Waals surface area contributed by atoms with Crippen LogP contribution >= 0.6 is 39.9 Å². The summed E-state index contributed by atoms with van der Waals surface area (Å²) in [6, 6.07) is 12.8. The van der Waals surface area contributed by atoms with E-state index in [1.54, 1.807) is 24.3 Å². The van der Waals surface area contributed by atoms with Gasteiger partial charge in [-0.3, -0.25) is 4.79 Å². The summed E-state index contributed by atoms with van der Waals surface area (Å²) in [5, 5.41) is 15.2. The van der Waals surface area contributed by atoms with E-state index < -0.39 is 0 Å². The van der Waals surface area contributed by atoms with Crippen LogP contribution in [-0.4, -0.2) is 40.7 Å². The fourth-order valence-corrected chi connectivity index (χ4v) is 3.88. The molecule has 1 N–H and O–H groups in total. The van der Waals surface area contributed by atoms with Crippen LogP contribution in [0.25, 0.3) is 6.08 Å². The van der Waals surface area contributed by atoms with Gasteiger partial charge >= 0.3 is 0 Å². The van der Waals surface area contributed by atoms with Gasteiger partial charge in [-0.15, -0.1) is 0 Å². The molecule has 0 bridgehead atoms. The van der Waals surface area contributed by atoms with Crippen molar-refractivity contribution in [2.45, 2.75) is 0 Å². The number of amides is 1. The first-order valence-electron chi connectivity index (χ1n) is 7.93. The fraction of sp³-hybridized carbons (Fsp3) is 0.105. The Balaban J connectivity index is 1.80. The van der Waals surface area contributed by atoms with Crippen molar-refractivity contribution in [1.82, 2.24) is 5.01 Å². The molecule has 0 atom stereocenters. The summed E-state index contributed by atoms with van der Waals surface area (Å²) in [5.74, 6) is -0.212. The standard InChI is InChI=1S/C19H16BrN3O2S2/c1-22(2)15-6-3-12(4-7-15)9-17-18(25)23(19(26)27-17)21-11-13-10-14(20)5-8-16(13)24/h3-11,24H,1-2H3/b17-9?,21-11+. The van der Waals surface area contributed by atoms with Gasteiger partial charge in [0.15, 0.2) is 4.32 Å². The van der Waals surface area contributed by atoms with Crippen LogP contribution in [0.3, 0.4) is 0 Å². The summed E-state index contributed by atoms with van der Waals surface area (Å²) >= 11 is 9.82. The largest absolute Gasteiger partial charge is 0.507 e. The summed E-state index contributed by atoms with van der Waals surface area (Å²) in [5.41, 5.74) is 2.48. The number of benzene rings is 2. The molecule has 2 aromatic carbocycles. The van der Waals surface area contributed by atoms with Crippen molar-refractivity contribution in [1.29, 1.82) is 0 Å². The minimum Gasteiger partial charge on any atom is -0.507 e. The third kappa shape index (κ3) is 4.58. The number of carbonyl (C=O) groups excluding carboxylic acids is 1. The van der Waals surface area contributed by atoms with E-state index in [4.69, 9.17) is 12.2 Å². The molecule has 2 aromatic rings.